The second-order valence-corrected chi connectivity index (χ2v) is 5.11. The first-order valence-corrected chi connectivity index (χ1v) is 6.76. The van der Waals surface area contributed by atoms with Gasteiger partial charge in [-0.15, -0.1) is 5.10 Å². The van der Waals surface area contributed by atoms with Gasteiger partial charge in [0.1, 0.15) is 5.84 Å². The average molecular weight is 263 g/mol. The van der Waals surface area contributed by atoms with E-state index in [1.165, 1.54) is 11.1 Å². The van der Waals surface area contributed by atoms with Crippen molar-refractivity contribution in [1.29, 1.82) is 0 Å². The van der Waals surface area contributed by atoms with E-state index in [0.29, 0.717) is 5.84 Å². The number of aryl methyl sites for hydroxylation is 1. The third kappa shape index (κ3) is 2.48. The van der Waals surface area contributed by atoms with Crippen LogP contribution in [-0.4, -0.2) is 11.5 Å². The summed E-state index contributed by atoms with van der Waals surface area (Å²) in [6, 6.07) is 18.7. The Hall–Kier alpha value is -2.42. The van der Waals surface area contributed by atoms with Crippen molar-refractivity contribution in [3.05, 3.63) is 71.3 Å². The van der Waals surface area contributed by atoms with Gasteiger partial charge in [0.15, 0.2) is 0 Å². The molecule has 0 aromatic heterocycles. The van der Waals surface area contributed by atoms with E-state index in [4.69, 9.17) is 5.73 Å². The Morgan fingerprint density at radius 1 is 0.950 bits per heavy atom. The molecule has 0 saturated carbocycles. The van der Waals surface area contributed by atoms with Crippen LogP contribution >= 0.6 is 0 Å². The Kier molecular flexibility index (Phi) is 3.33. The molecule has 0 radical (unpaired) electrons. The van der Waals surface area contributed by atoms with Crippen molar-refractivity contribution >= 4 is 11.5 Å². The van der Waals surface area contributed by atoms with Crippen LogP contribution in [0.1, 0.15) is 29.0 Å². The summed E-state index contributed by atoms with van der Waals surface area (Å²) in [7, 11) is 0. The first kappa shape index (κ1) is 12.6. The third-order valence-corrected chi connectivity index (χ3v) is 3.58. The molecule has 0 spiro atoms. The molecule has 3 nitrogen and oxygen atoms in total. The maximum atomic E-state index is 5.87. The molecule has 1 aliphatic rings. The quantitative estimate of drug-likeness (QED) is 0.888. The van der Waals surface area contributed by atoms with Crippen LogP contribution in [0.15, 0.2) is 64.8 Å². The topological polar surface area (TPSA) is 50.7 Å². The number of hydrogen-bond acceptors (Lipinski definition) is 3. The minimum atomic E-state index is 0.177. The van der Waals surface area contributed by atoms with Crippen molar-refractivity contribution in [2.45, 2.75) is 19.3 Å². The predicted molar refractivity (Wildman–Crippen MR) is 83.1 cm³/mol. The smallest absolute Gasteiger partial charge is 0.123 e. The maximum Gasteiger partial charge on any atom is 0.123 e. The lowest BCUT2D eigenvalue weighted by atomic mass is 9.86. The van der Waals surface area contributed by atoms with Gasteiger partial charge < -0.3 is 5.73 Å². The second kappa shape index (κ2) is 5.29. The molecule has 0 saturated heterocycles. The lowest BCUT2D eigenvalue weighted by molar-refractivity contribution is 0.887. The number of rotatable bonds is 2. The van der Waals surface area contributed by atoms with Gasteiger partial charge in [0.05, 0.1) is 5.71 Å². The molecule has 0 aliphatic carbocycles. The third-order valence-electron chi connectivity index (χ3n) is 3.58. The molecule has 1 aliphatic heterocycles. The number of nitrogens with two attached hydrogens (primary N) is 1. The van der Waals surface area contributed by atoms with Crippen molar-refractivity contribution in [3.8, 4) is 0 Å². The molecule has 0 amide bonds. The zero-order chi connectivity index (χ0) is 13.9. The van der Waals surface area contributed by atoms with Crippen LogP contribution in [0.25, 0.3) is 0 Å². The Morgan fingerprint density at radius 3 is 2.35 bits per heavy atom. The molecule has 100 valence electrons. The van der Waals surface area contributed by atoms with Crippen LogP contribution in [0.3, 0.4) is 0 Å². The van der Waals surface area contributed by atoms with Gasteiger partial charge in [-0.1, -0.05) is 60.2 Å². The molecule has 3 heteroatoms. The highest BCUT2D eigenvalue weighted by Gasteiger charge is 2.24. The molecule has 2 aromatic rings. The predicted octanol–water partition coefficient (Wildman–Crippen LogP) is 3.24. The van der Waals surface area contributed by atoms with E-state index in [1.807, 2.05) is 18.2 Å². The number of benzene rings is 2. The molecule has 20 heavy (non-hydrogen) atoms. The Labute approximate surface area is 118 Å². The molecule has 2 aromatic carbocycles. The zero-order valence-corrected chi connectivity index (χ0v) is 11.5. The highest BCUT2D eigenvalue weighted by molar-refractivity contribution is 6.08. The summed E-state index contributed by atoms with van der Waals surface area (Å²) in [5.41, 5.74) is 10.4. The summed E-state index contributed by atoms with van der Waals surface area (Å²) in [6.45, 7) is 2.08. The molecule has 3 rings (SSSR count). The second-order valence-electron chi connectivity index (χ2n) is 5.11. The normalized spacial score (nSPS) is 18.4. The van der Waals surface area contributed by atoms with E-state index in [0.717, 1.165) is 17.7 Å². The first-order valence-electron chi connectivity index (χ1n) is 6.76. The number of amidine groups is 1. The van der Waals surface area contributed by atoms with E-state index in [2.05, 4.69) is 53.5 Å². The molecule has 1 unspecified atom stereocenters. The fourth-order valence-electron chi connectivity index (χ4n) is 2.48. The van der Waals surface area contributed by atoms with E-state index < -0.39 is 0 Å². The van der Waals surface area contributed by atoms with Gasteiger partial charge in [-0.05, 0) is 18.1 Å². The van der Waals surface area contributed by atoms with Crippen molar-refractivity contribution in [2.24, 2.45) is 15.9 Å². The molecule has 1 heterocycles. The Morgan fingerprint density at radius 2 is 1.65 bits per heavy atom. The SMILES string of the molecule is Cc1ccc(C2=NN=C(N)CC2c2ccccc2)cc1. The van der Waals surface area contributed by atoms with Crippen LogP contribution in [0.4, 0.5) is 0 Å². The zero-order valence-electron chi connectivity index (χ0n) is 11.5. The minimum absolute atomic E-state index is 0.177. The van der Waals surface area contributed by atoms with Crippen LogP contribution in [0.2, 0.25) is 0 Å². The van der Waals surface area contributed by atoms with E-state index >= 15 is 0 Å². The Balaban J connectivity index is 2.03. The van der Waals surface area contributed by atoms with Crippen LogP contribution in [0.5, 0.6) is 0 Å². The summed E-state index contributed by atoms with van der Waals surface area (Å²) < 4.78 is 0. The molecular formula is C17H17N3. The van der Waals surface area contributed by atoms with Gasteiger partial charge in [-0.3, -0.25) is 0 Å². The van der Waals surface area contributed by atoms with Gasteiger partial charge >= 0.3 is 0 Å². The average Bonchev–Trinajstić information content (AvgIpc) is 2.49. The lowest BCUT2D eigenvalue weighted by Gasteiger charge is -2.22. The van der Waals surface area contributed by atoms with Gasteiger partial charge in [0, 0.05) is 12.3 Å². The van der Waals surface area contributed by atoms with Crippen LogP contribution in [-0.2, 0) is 0 Å². The first-order chi connectivity index (χ1) is 9.74. The minimum Gasteiger partial charge on any atom is -0.386 e. The van der Waals surface area contributed by atoms with E-state index in [1.54, 1.807) is 0 Å². The monoisotopic (exact) mass is 263 g/mol. The fourth-order valence-corrected chi connectivity index (χ4v) is 2.48. The molecule has 2 N–H and O–H groups in total. The van der Waals surface area contributed by atoms with Gasteiger partial charge in [0.2, 0.25) is 0 Å². The largest absolute Gasteiger partial charge is 0.386 e. The Bertz CT molecular complexity index is 654. The fraction of sp³-hybridized carbons (Fsp3) is 0.176. The van der Waals surface area contributed by atoms with E-state index in [9.17, 15) is 0 Å². The van der Waals surface area contributed by atoms with Gasteiger partial charge in [-0.2, -0.15) is 5.10 Å². The lowest BCUT2D eigenvalue weighted by Crippen LogP contribution is -2.25. The van der Waals surface area contributed by atoms with Gasteiger partial charge in [-0.25, -0.2) is 0 Å². The van der Waals surface area contributed by atoms with Crippen molar-refractivity contribution in [3.63, 3.8) is 0 Å². The summed E-state index contributed by atoms with van der Waals surface area (Å²) in [6.07, 6.45) is 0.719. The standard InChI is InChI=1S/C17H17N3/c1-12-7-9-14(10-8-12)17-15(11-16(18)19-20-17)13-5-3-2-4-6-13/h2-10,15H,11H2,1H3,(H2,18,19). The van der Waals surface area contributed by atoms with Crippen molar-refractivity contribution < 1.29 is 0 Å². The maximum absolute atomic E-state index is 5.87. The number of hydrogen-bond donors (Lipinski definition) is 1. The molecule has 0 fully saturated rings. The highest BCUT2D eigenvalue weighted by atomic mass is 15.2. The van der Waals surface area contributed by atoms with Crippen molar-refractivity contribution in [1.82, 2.24) is 0 Å². The van der Waals surface area contributed by atoms with E-state index in [-0.39, 0.29) is 5.92 Å². The number of nitrogens with zero attached hydrogens (tertiary/aromatic N) is 2. The summed E-state index contributed by atoms with van der Waals surface area (Å²) in [5.74, 6) is 0.770. The summed E-state index contributed by atoms with van der Waals surface area (Å²) in [5, 5.41) is 8.42. The van der Waals surface area contributed by atoms with Crippen LogP contribution < -0.4 is 5.73 Å². The molecule has 0 bridgehead atoms. The highest BCUT2D eigenvalue weighted by Crippen LogP contribution is 2.27. The molecule has 1 atom stereocenters. The van der Waals surface area contributed by atoms with Crippen molar-refractivity contribution in [2.75, 3.05) is 0 Å². The van der Waals surface area contributed by atoms with Gasteiger partial charge in [0.25, 0.3) is 0 Å². The molecular weight excluding hydrogens is 246 g/mol. The summed E-state index contributed by atoms with van der Waals surface area (Å²) in [4.78, 5) is 0. The summed E-state index contributed by atoms with van der Waals surface area (Å²) >= 11 is 0. The van der Waals surface area contributed by atoms with Crippen LogP contribution in [0, 0.1) is 6.92 Å².